The Morgan fingerprint density at radius 3 is 3.10 bits per heavy atom. The van der Waals surface area contributed by atoms with E-state index < -0.39 is 0 Å². The van der Waals surface area contributed by atoms with Crippen LogP contribution in [-0.4, -0.2) is 41.5 Å². The van der Waals surface area contributed by atoms with Gasteiger partial charge in [0.15, 0.2) is 0 Å². The monoisotopic (exact) mass is 277 g/mol. The van der Waals surface area contributed by atoms with Crippen LogP contribution in [-0.2, 0) is 0 Å². The van der Waals surface area contributed by atoms with Gasteiger partial charge in [0.1, 0.15) is 5.75 Å². The number of aromatic amines is 1. The third-order valence-electron chi connectivity index (χ3n) is 4.56. The van der Waals surface area contributed by atoms with Gasteiger partial charge >= 0.3 is 0 Å². The highest BCUT2D eigenvalue weighted by Gasteiger charge is 2.48. The van der Waals surface area contributed by atoms with E-state index in [4.69, 9.17) is 10.5 Å². The Bertz CT molecular complexity index is 598. The van der Waals surface area contributed by atoms with Crippen molar-refractivity contribution in [2.75, 3.05) is 20.2 Å². The van der Waals surface area contributed by atoms with E-state index in [1.807, 2.05) is 0 Å². The minimum Gasteiger partial charge on any atom is -0.496 e. The van der Waals surface area contributed by atoms with Crippen molar-refractivity contribution in [2.24, 2.45) is 11.7 Å². The molecule has 2 unspecified atom stereocenters. The normalized spacial score (nSPS) is 28.5. The van der Waals surface area contributed by atoms with Crippen molar-refractivity contribution in [1.82, 2.24) is 9.88 Å². The minimum atomic E-state index is -0.285. The second-order valence-electron chi connectivity index (χ2n) is 5.79. The van der Waals surface area contributed by atoms with E-state index >= 15 is 0 Å². The fourth-order valence-electron chi connectivity index (χ4n) is 3.45. The number of hydrogen-bond acceptors (Lipinski definition) is 4. The van der Waals surface area contributed by atoms with E-state index in [2.05, 4.69) is 4.98 Å². The second-order valence-corrected chi connectivity index (χ2v) is 5.79. The Balaban J connectivity index is 1.86. The average molecular weight is 277 g/mol. The maximum atomic E-state index is 12.6. The first kappa shape index (κ1) is 13.2. The number of pyridine rings is 1. The van der Waals surface area contributed by atoms with Crippen LogP contribution in [0.4, 0.5) is 0 Å². The number of methoxy groups -OCH3 is 1. The maximum absolute atomic E-state index is 12.6. The van der Waals surface area contributed by atoms with Crippen LogP contribution in [0.1, 0.15) is 29.6 Å². The lowest BCUT2D eigenvalue weighted by Gasteiger charge is -2.23. The molecule has 1 amide bonds. The van der Waals surface area contributed by atoms with Gasteiger partial charge in [0, 0.05) is 30.9 Å². The fraction of sp³-hybridized carbons (Fsp3) is 0.571. The molecule has 6 heteroatoms. The highest BCUT2D eigenvalue weighted by molar-refractivity contribution is 5.96. The zero-order valence-electron chi connectivity index (χ0n) is 11.5. The zero-order chi connectivity index (χ0) is 14.3. The summed E-state index contributed by atoms with van der Waals surface area (Å²) in [5.74, 6) is 0.569. The molecule has 1 aromatic rings. The van der Waals surface area contributed by atoms with Crippen LogP contribution in [0.2, 0.25) is 0 Å². The van der Waals surface area contributed by atoms with Gasteiger partial charge in [-0.1, -0.05) is 6.42 Å². The summed E-state index contributed by atoms with van der Waals surface area (Å²) in [7, 11) is 1.45. The molecule has 0 radical (unpaired) electrons. The van der Waals surface area contributed by atoms with Crippen molar-refractivity contribution in [2.45, 2.75) is 24.8 Å². The van der Waals surface area contributed by atoms with E-state index in [1.54, 1.807) is 4.90 Å². The first-order valence-corrected chi connectivity index (χ1v) is 6.88. The molecule has 3 N–H and O–H groups in total. The molecule has 2 atom stereocenters. The number of nitrogens with zero attached hydrogens (tertiary/aromatic N) is 1. The molecular formula is C14H19N3O3. The highest BCUT2D eigenvalue weighted by atomic mass is 16.5. The van der Waals surface area contributed by atoms with E-state index in [-0.39, 0.29) is 17.0 Å². The molecule has 0 bridgehead atoms. The number of amides is 1. The zero-order valence-corrected chi connectivity index (χ0v) is 11.5. The van der Waals surface area contributed by atoms with Gasteiger partial charge in [0.2, 0.25) is 0 Å². The maximum Gasteiger partial charge on any atom is 0.259 e. The molecule has 2 heterocycles. The van der Waals surface area contributed by atoms with Crippen molar-refractivity contribution in [1.29, 1.82) is 0 Å². The van der Waals surface area contributed by atoms with Crippen molar-refractivity contribution in [3.63, 3.8) is 0 Å². The van der Waals surface area contributed by atoms with E-state index in [1.165, 1.54) is 19.4 Å². The van der Waals surface area contributed by atoms with Gasteiger partial charge in [-0.25, -0.2) is 0 Å². The number of nitrogens with one attached hydrogen (secondary N) is 1. The number of H-pyrrole nitrogens is 1. The Morgan fingerprint density at radius 1 is 1.60 bits per heavy atom. The van der Waals surface area contributed by atoms with Crippen LogP contribution >= 0.6 is 0 Å². The van der Waals surface area contributed by atoms with Crippen LogP contribution in [0.3, 0.4) is 0 Å². The van der Waals surface area contributed by atoms with Gasteiger partial charge in [0.05, 0.1) is 12.7 Å². The number of fused-ring (bicyclic) bond motifs is 1. The SMILES string of the molecule is COc1cc(=O)[nH]cc1C(=O)N1CC2CCCC2(N)C1. The summed E-state index contributed by atoms with van der Waals surface area (Å²) in [5.41, 5.74) is 6.25. The smallest absolute Gasteiger partial charge is 0.259 e. The first-order chi connectivity index (χ1) is 9.53. The minimum absolute atomic E-state index is 0.127. The summed E-state index contributed by atoms with van der Waals surface area (Å²) in [4.78, 5) is 28.2. The quantitative estimate of drug-likeness (QED) is 0.815. The summed E-state index contributed by atoms with van der Waals surface area (Å²) in [6, 6.07) is 1.29. The Morgan fingerprint density at radius 2 is 2.40 bits per heavy atom. The number of likely N-dealkylation sites (tertiary alicyclic amines) is 1. The standard InChI is InChI=1S/C14H19N3O3/c1-20-11-5-12(18)16-6-10(11)13(19)17-7-9-3-2-4-14(9,15)8-17/h5-6,9H,2-4,7-8,15H2,1H3,(H,16,18). The molecule has 2 fully saturated rings. The summed E-state index contributed by atoms with van der Waals surface area (Å²) in [5, 5.41) is 0. The third kappa shape index (κ3) is 2.00. The molecule has 2 aliphatic rings. The molecule has 20 heavy (non-hydrogen) atoms. The first-order valence-electron chi connectivity index (χ1n) is 6.88. The molecular weight excluding hydrogens is 258 g/mol. The van der Waals surface area contributed by atoms with Crippen LogP contribution < -0.4 is 16.0 Å². The third-order valence-corrected chi connectivity index (χ3v) is 4.56. The molecule has 6 nitrogen and oxygen atoms in total. The lowest BCUT2D eigenvalue weighted by Crippen LogP contribution is -2.44. The second kappa shape index (κ2) is 4.63. The number of nitrogens with two attached hydrogens (primary N) is 1. The van der Waals surface area contributed by atoms with Crippen molar-refractivity contribution in [3.05, 3.63) is 28.2 Å². The molecule has 1 saturated carbocycles. The van der Waals surface area contributed by atoms with E-state index in [0.717, 1.165) is 19.3 Å². The molecule has 1 aromatic heterocycles. The average Bonchev–Trinajstić information content (AvgIpc) is 2.92. The van der Waals surface area contributed by atoms with Crippen LogP contribution in [0, 0.1) is 5.92 Å². The molecule has 1 aliphatic heterocycles. The Labute approximate surface area is 116 Å². The number of aromatic nitrogens is 1. The van der Waals surface area contributed by atoms with Crippen LogP contribution in [0.25, 0.3) is 0 Å². The van der Waals surface area contributed by atoms with E-state index in [0.29, 0.717) is 30.3 Å². The van der Waals surface area contributed by atoms with Crippen molar-refractivity contribution in [3.8, 4) is 5.75 Å². The molecule has 3 rings (SSSR count). The largest absolute Gasteiger partial charge is 0.496 e. The van der Waals surface area contributed by atoms with Crippen LogP contribution in [0.5, 0.6) is 5.75 Å². The van der Waals surface area contributed by atoms with E-state index in [9.17, 15) is 9.59 Å². The van der Waals surface area contributed by atoms with Crippen LogP contribution in [0.15, 0.2) is 17.1 Å². The number of ether oxygens (including phenoxy) is 1. The van der Waals surface area contributed by atoms with Crippen molar-refractivity contribution < 1.29 is 9.53 Å². The number of carbonyl (C=O) groups is 1. The predicted octanol–water partition coefficient (Wildman–Crippen LogP) is 0.337. The number of rotatable bonds is 2. The fourth-order valence-corrected chi connectivity index (χ4v) is 3.45. The van der Waals surface area contributed by atoms with Gasteiger partial charge in [0.25, 0.3) is 11.5 Å². The summed E-state index contributed by atoms with van der Waals surface area (Å²) in [6.45, 7) is 1.27. The number of hydrogen-bond donors (Lipinski definition) is 2. The predicted molar refractivity (Wildman–Crippen MR) is 73.8 cm³/mol. The van der Waals surface area contributed by atoms with Gasteiger partial charge < -0.3 is 20.4 Å². The van der Waals surface area contributed by atoms with Gasteiger partial charge in [-0.3, -0.25) is 9.59 Å². The lowest BCUT2D eigenvalue weighted by molar-refractivity contribution is 0.0774. The molecule has 1 aliphatic carbocycles. The summed E-state index contributed by atoms with van der Waals surface area (Å²) >= 11 is 0. The Hall–Kier alpha value is -1.82. The van der Waals surface area contributed by atoms with Crippen molar-refractivity contribution >= 4 is 5.91 Å². The molecule has 0 spiro atoms. The van der Waals surface area contributed by atoms with Gasteiger partial charge in [-0.2, -0.15) is 0 Å². The number of carbonyl (C=O) groups excluding carboxylic acids is 1. The van der Waals surface area contributed by atoms with Gasteiger partial charge in [-0.05, 0) is 18.8 Å². The van der Waals surface area contributed by atoms with Gasteiger partial charge in [-0.15, -0.1) is 0 Å². The summed E-state index contributed by atoms with van der Waals surface area (Å²) in [6.07, 6.45) is 4.62. The molecule has 0 aromatic carbocycles. The highest BCUT2D eigenvalue weighted by Crippen LogP contribution is 2.40. The summed E-state index contributed by atoms with van der Waals surface area (Å²) < 4.78 is 5.13. The topological polar surface area (TPSA) is 88.4 Å². The lowest BCUT2D eigenvalue weighted by atomic mass is 9.92. The molecule has 108 valence electrons. The Kier molecular flexibility index (Phi) is 3.05. The molecule has 1 saturated heterocycles.